The minimum atomic E-state index is -0.226. The Morgan fingerprint density at radius 2 is 1.82 bits per heavy atom. The van der Waals surface area contributed by atoms with Crippen molar-refractivity contribution < 1.29 is 19.1 Å². The molecule has 1 saturated heterocycles. The van der Waals surface area contributed by atoms with Gasteiger partial charge in [-0.15, -0.1) is 0 Å². The Balaban J connectivity index is 1.27. The fraction of sp³-hybridized carbons (Fsp3) is 0.516. The molecule has 3 aliphatic rings. The molecular formula is C31H40N4O4. The highest BCUT2D eigenvalue weighted by molar-refractivity contribution is 6.04. The van der Waals surface area contributed by atoms with Crippen LogP contribution in [0.4, 0.5) is 5.69 Å². The molecule has 1 saturated carbocycles. The van der Waals surface area contributed by atoms with Crippen molar-refractivity contribution in [1.29, 1.82) is 0 Å². The number of rotatable bonds is 9. The molecule has 0 aromatic heterocycles. The second-order valence-electron chi connectivity index (χ2n) is 11.1. The van der Waals surface area contributed by atoms with Gasteiger partial charge < -0.3 is 20.1 Å². The first-order valence-electron chi connectivity index (χ1n) is 14.3. The summed E-state index contributed by atoms with van der Waals surface area (Å²) in [6.07, 6.45) is 7.86. The fourth-order valence-electron chi connectivity index (χ4n) is 5.94. The zero-order chi connectivity index (χ0) is 27.4. The van der Waals surface area contributed by atoms with Crippen LogP contribution in [-0.4, -0.2) is 48.8 Å². The van der Waals surface area contributed by atoms with Gasteiger partial charge in [0.15, 0.2) is 11.5 Å². The number of hydrazone groups is 1. The van der Waals surface area contributed by atoms with Crippen molar-refractivity contribution in [3.8, 4) is 11.5 Å². The Kier molecular flexibility index (Phi) is 8.38. The maximum absolute atomic E-state index is 12.8. The monoisotopic (exact) mass is 532 g/mol. The summed E-state index contributed by atoms with van der Waals surface area (Å²) >= 11 is 0. The van der Waals surface area contributed by atoms with E-state index in [1.54, 1.807) is 12.1 Å². The minimum Gasteiger partial charge on any atom is -0.493 e. The number of hydrogen-bond acceptors (Lipinski definition) is 6. The van der Waals surface area contributed by atoms with Crippen LogP contribution in [-0.2, 0) is 16.1 Å². The Morgan fingerprint density at radius 3 is 2.54 bits per heavy atom. The molecule has 2 unspecified atom stereocenters. The molecule has 2 amide bonds. The van der Waals surface area contributed by atoms with Gasteiger partial charge in [-0.05, 0) is 80.3 Å². The van der Waals surface area contributed by atoms with Crippen molar-refractivity contribution >= 4 is 23.2 Å². The van der Waals surface area contributed by atoms with Crippen molar-refractivity contribution in [2.24, 2.45) is 22.7 Å². The van der Waals surface area contributed by atoms with Gasteiger partial charge in [0, 0.05) is 43.1 Å². The molecule has 2 N–H and O–H groups in total. The van der Waals surface area contributed by atoms with Crippen molar-refractivity contribution in [2.45, 2.75) is 70.9 Å². The Morgan fingerprint density at radius 1 is 1.05 bits per heavy atom. The molecule has 0 spiro atoms. The van der Waals surface area contributed by atoms with Crippen molar-refractivity contribution in [1.82, 2.24) is 5.01 Å². The summed E-state index contributed by atoms with van der Waals surface area (Å²) in [5.74, 6) is 1.42. The Labute approximate surface area is 231 Å². The molecule has 8 nitrogen and oxygen atoms in total. The smallest absolute Gasteiger partial charge is 0.243 e. The third-order valence-corrected chi connectivity index (χ3v) is 8.45. The highest BCUT2D eigenvalue weighted by Gasteiger charge is 2.28. The average molecular weight is 533 g/mol. The van der Waals surface area contributed by atoms with E-state index in [0.29, 0.717) is 19.4 Å². The third kappa shape index (κ3) is 6.37. The molecule has 39 heavy (non-hydrogen) atoms. The molecule has 1 aliphatic carbocycles. The van der Waals surface area contributed by atoms with E-state index in [2.05, 4.69) is 29.2 Å². The molecule has 2 atom stereocenters. The summed E-state index contributed by atoms with van der Waals surface area (Å²) in [5, 5.41) is 6.35. The predicted molar refractivity (Wildman–Crippen MR) is 152 cm³/mol. The van der Waals surface area contributed by atoms with E-state index >= 15 is 0 Å². The Hall–Kier alpha value is -3.55. The molecule has 2 aliphatic heterocycles. The summed E-state index contributed by atoms with van der Waals surface area (Å²) in [4.78, 5) is 26.8. The van der Waals surface area contributed by atoms with Gasteiger partial charge in [0.1, 0.15) is 0 Å². The van der Waals surface area contributed by atoms with Gasteiger partial charge in [0.25, 0.3) is 0 Å². The number of carbonyl (C=O) groups is 2. The van der Waals surface area contributed by atoms with E-state index in [-0.39, 0.29) is 29.8 Å². The number of nitrogens with zero attached hydrogens (tertiary/aromatic N) is 3. The number of primary amides is 1. The second-order valence-corrected chi connectivity index (χ2v) is 11.1. The molecule has 8 heteroatoms. The summed E-state index contributed by atoms with van der Waals surface area (Å²) in [6, 6.07) is 14.3. The van der Waals surface area contributed by atoms with Gasteiger partial charge in [0.05, 0.1) is 25.5 Å². The number of nitrogens with two attached hydrogens (primary N) is 1. The van der Waals surface area contributed by atoms with Crippen LogP contribution in [0, 0.1) is 11.8 Å². The quantitative estimate of drug-likeness (QED) is 0.496. The SMILES string of the molecule is COc1ccc(C2=NN(Cc3ccc(N4CCCC(C(C)C(N)=O)C4)cc3)C(=O)CC2)cc1OC1CCCC1. The standard InChI is InChI=1S/C31H40N4O4/c1-21(31(32)37)24-6-5-17-34(20-24)25-12-9-22(10-13-25)19-35-30(36)16-14-27(33-35)23-11-15-28(38-2)29(18-23)39-26-7-3-4-8-26/h9-13,15,18,21,24,26H,3-8,14,16-17,19-20H2,1-2H3,(H2,32,37). The molecule has 2 aromatic rings. The summed E-state index contributed by atoms with van der Waals surface area (Å²) in [7, 11) is 1.66. The lowest BCUT2D eigenvalue weighted by atomic mass is 9.86. The number of amides is 2. The first kappa shape index (κ1) is 27.0. The number of hydrogen-bond donors (Lipinski definition) is 1. The largest absolute Gasteiger partial charge is 0.493 e. The minimum absolute atomic E-state index is 0.0260. The maximum Gasteiger partial charge on any atom is 0.243 e. The molecule has 0 radical (unpaired) electrons. The van der Waals surface area contributed by atoms with Gasteiger partial charge in [-0.1, -0.05) is 19.1 Å². The zero-order valence-electron chi connectivity index (χ0n) is 23.1. The lowest BCUT2D eigenvalue weighted by molar-refractivity contribution is -0.132. The van der Waals surface area contributed by atoms with Crippen molar-refractivity contribution in [2.75, 3.05) is 25.1 Å². The molecule has 2 heterocycles. The lowest BCUT2D eigenvalue weighted by Gasteiger charge is -2.36. The van der Waals surface area contributed by atoms with Crippen molar-refractivity contribution in [3.63, 3.8) is 0 Å². The number of anilines is 1. The highest BCUT2D eigenvalue weighted by Crippen LogP contribution is 2.34. The first-order chi connectivity index (χ1) is 18.9. The van der Waals surface area contributed by atoms with E-state index < -0.39 is 0 Å². The summed E-state index contributed by atoms with van der Waals surface area (Å²) in [6.45, 7) is 4.15. The van der Waals surface area contributed by atoms with Crippen LogP contribution in [0.2, 0.25) is 0 Å². The van der Waals surface area contributed by atoms with Crippen LogP contribution in [0.3, 0.4) is 0 Å². The van der Waals surface area contributed by atoms with E-state index in [1.807, 2.05) is 25.1 Å². The number of methoxy groups -OCH3 is 1. The van der Waals surface area contributed by atoms with Crippen molar-refractivity contribution in [3.05, 3.63) is 53.6 Å². The van der Waals surface area contributed by atoms with Crippen LogP contribution >= 0.6 is 0 Å². The topological polar surface area (TPSA) is 97.5 Å². The highest BCUT2D eigenvalue weighted by atomic mass is 16.5. The predicted octanol–water partition coefficient (Wildman–Crippen LogP) is 4.88. The second kappa shape index (κ2) is 12.1. The van der Waals surface area contributed by atoms with Gasteiger partial charge >= 0.3 is 0 Å². The van der Waals surface area contributed by atoms with Gasteiger partial charge in [-0.2, -0.15) is 5.10 Å². The Bertz CT molecular complexity index is 1210. The number of benzene rings is 2. The van der Waals surface area contributed by atoms with Crippen LogP contribution in [0.5, 0.6) is 11.5 Å². The number of ether oxygens (including phenoxy) is 2. The lowest BCUT2D eigenvalue weighted by Crippen LogP contribution is -2.41. The zero-order valence-corrected chi connectivity index (χ0v) is 23.1. The molecule has 5 rings (SSSR count). The molecule has 208 valence electrons. The summed E-state index contributed by atoms with van der Waals surface area (Å²) in [5.41, 5.74) is 9.55. The van der Waals surface area contributed by atoms with Crippen LogP contribution in [0.15, 0.2) is 47.6 Å². The van der Waals surface area contributed by atoms with Gasteiger partial charge in [-0.3, -0.25) is 9.59 Å². The van der Waals surface area contributed by atoms with E-state index in [4.69, 9.17) is 20.3 Å². The van der Waals surface area contributed by atoms with E-state index in [0.717, 1.165) is 72.8 Å². The molecule has 2 fully saturated rings. The summed E-state index contributed by atoms with van der Waals surface area (Å²) < 4.78 is 11.8. The fourth-order valence-corrected chi connectivity index (χ4v) is 5.94. The van der Waals surface area contributed by atoms with E-state index in [1.165, 1.54) is 12.8 Å². The molecule has 2 aromatic carbocycles. The van der Waals surface area contributed by atoms with Gasteiger partial charge in [-0.25, -0.2) is 5.01 Å². The molecule has 0 bridgehead atoms. The normalized spacial score (nSPS) is 21.0. The van der Waals surface area contributed by atoms with Crippen LogP contribution in [0.25, 0.3) is 0 Å². The van der Waals surface area contributed by atoms with E-state index in [9.17, 15) is 9.59 Å². The third-order valence-electron chi connectivity index (χ3n) is 8.45. The maximum atomic E-state index is 12.8. The van der Waals surface area contributed by atoms with Crippen LogP contribution in [0.1, 0.15) is 69.4 Å². The van der Waals surface area contributed by atoms with Gasteiger partial charge in [0.2, 0.25) is 11.8 Å². The number of piperidine rings is 1. The van der Waals surface area contributed by atoms with Crippen LogP contribution < -0.4 is 20.1 Å². The first-order valence-corrected chi connectivity index (χ1v) is 14.3. The molecular weight excluding hydrogens is 492 g/mol. The number of carbonyl (C=O) groups excluding carboxylic acids is 2. The average Bonchev–Trinajstić information content (AvgIpc) is 3.47.